The summed E-state index contributed by atoms with van der Waals surface area (Å²) in [6, 6.07) is 12.5. The van der Waals surface area contributed by atoms with Crippen LogP contribution in [-0.2, 0) is 11.2 Å². The molecule has 1 aliphatic rings. The Hall–Kier alpha value is -2.75. The summed E-state index contributed by atoms with van der Waals surface area (Å²) in [5.41, 5.74) is 6.52. The molecule has 0 fully saturated rings. The molecule has 0 aliphatic heterocycles. The van der Waals surface area contributed by atoms with Crippen LogP contribution in [-0.4, -0.2) is 19.2 Å². The molecular formula is C26H34N2O2. The van der Waals surface area contributed by atoms with E-state index in [1.165, 1.54) is 11.3 Å². The molecule has 160 valence electrons. The van der Waals surface area contributed by atoms with Crippen LogP contribution in [0.1, 0.15) is 67.9 Å². The van der Waals surface area contributed by atoms with Crippen LogP contribution in [0, 0.1) is 6.92 Å². The van der Waals surface area contributed by atoms with Crippen LogP contribution < -0.4 is 10.2 Å². The number of hydrogen-bond donors (Lipinski definition) is 1. The van der Waals surface area contributed by atoms with Gasteiger partial charge in [0.25, 0.3) is 0 Å². The molecule has 0 saturated heterocycles. The van der Waals surface area contributed by atoms with Crippen LogP contribution in [0.2, 0.25) is 0 Å². The van der Waals surface area contributed by atoms with Gasteiger partial charge in [-0.05, 0) is 79.5 Å². The highest BCUT2D eigenvalue weighted by molar-refractivity contribution is 5.86. The monoisotopic (exact) mass is 406 g/mol. The largest absolute Gasteiger partial charge is 0.441 e. The van der Waals surface area contributed by atoms with Crippen LogP contribution in [0.25, 0.3) is 6.08 Å². The second-order valence-corrected chi connectivity index (χ2v) is 8.06. The Kier molecular flexibility index (Phi) is 7.56. The fraction of sp³-hybridized carbons (Fsp3) is 0.423. The van der Waals surface area contributed by atoms with Crippen molar-refractivity contribution in [2.75, 3.05) is 23.3 Å². The minimum absolute atomic E-state index is 0.197. The Bertz CT molecular complexity index is 885. The van der Waals surface area contributed by atoms with Crippen molar-refractivity contribution >= 4 is 23.5 Å². The van der Waals surface area contributed by atoms with E-state index in [0.717, 1.165) is 67.6 Å². The minimum atomic E-state index is -0.393. The number of carbonyl (C=O) groups is 1. The van der Waals surface area contributed by atoms with Gasteiger partial charge in [-0.1, -0.05) is 44.7 Å². The minimum Gasteiger partial charge on any atom is -0.441 e. The Labute approximate surface area is 180 Å². The van der Waals surface area contributed by atoms with E-state index in [9.17, 15) is 4.79 Å². The highest BCUT2D eigenvalue weighted by atomic mass is 16.6. The molecular weight excluding hydrogens is 372 g/mol. The van der Waals surface area contributed by atoms with Gasteiger partial charge in [-0.15, -0.1) is 0 Å². The number of ether oxygens (including phenoxy) is 1. The van der Waals surface area contributed by atoms with E-state index in [0.29, 0.717) is 0 Å². The van der Waals surface area contributed by atoms with E-state index >= 15 is 0 Å². The molecule has 1 unspecified atom stereocenters. The average Bonchev–Trinajstić information content (AvgIpc) is 2.75. The summed E-state index contributed by atoms with van der Waals surface area (Å²) in [6.07, 6.45) is 6.38. The molecule has 1 amide bonds. The lowest BCUT2D eigenvalue weighted by Gasteiger charge is -2.26. The predicted octanol–water partition coefficient (Wildman–Crippen LogP) is 6.89. The van der Waals surface area contributed by atoms with E-state index in [4.69, 9.17) is 4.74 Å². The van der Waals surface area contributed by atoms with E-state index in [1.54, 1.807) is 0 Å². The number of nitrogens with one attached hydrogen (secondary N) is 1. The van der Waals surface area contributed by atoms with Crippen LogP contribution in [0.3, 0.4) is 0 Å². The summed E-state index contributed by atoms with van der Waals surface area (Å²) < 4.78 is 5.82. The number of amides is 1. The van der Waals surface area contributed by atoms with E-state index < -0.39 is 6.09 Å². The number of hydrogen-bond acceptors (Lipinski definition) is 3. The number of nitrogens with zero attached hydrogens (tertiary/aromatic N) is 1. The average molecular weight is 407 g/mol. The van der Waals surface area contributed by atoms with Gasteiger partial charge in [-0.3, -0.25) is 5.32 Å². The van der Waals surface area contributed by atoms with Crippen molar-refractivity contribution in [2.45, 2.75) is 59.0 Å². The molecule has 0 saturated carbocycles. The molecule has 4 heteroatoms. The zero-order valence-electron chi connectivity index (χ0n) is 18.5. The zero-order chi connectivity index (χ0) is 21.5. The molecule has 3 rings (SSSR count). The fourth-order valence-corrected chi connectivity index (χ4v) is 4.20. The summed E-state index contributed by atoms with van der Waals surface area (Å²) in [5.74, 6) is 0. The third-order valence-corrected chi connectivity index (χ3v) is 5.71. The van der Waals surface area contributed by atoms with Crippen LogP contribution in [0.5, 0.6) is 0 Å². The fourth-order valence-electron chi connectivity index (χ4n) is 4.20. The van der Waals surface area contributed by atoms with E-state index in [2.05, 4.69) is 54.9 Å². The van der Waals surface area contributed by atoms with Gasteiger partial charge < -0.3 is 9.64 Å². The standard InChI is InChI=1S/C26H34N2O2/c1-5-15-28(16-6-2)22-12-14-24(19(4)17-22)27-26(29)30-25-10-8-9-21-18-20(7-3)11-13-23(21)25/h7,11-14,17-18,25H,3,5-6,8-10,15-16H2,1-2,4H3,(H,27,29). The molecule has 2 aromatic rings. The maximum absolute atomic E-state index is 12.6. The molecule has 0 spiro atoms. The summed E-state index contributed by atoms with van der Waals surface area (Å²) in [4.78, 5) is 15.0. The SMILES string of the molecule is C=Cc1ccc2c(c1)CCCC2OC(=O)Nc1ccc(N(CCC)CCC)cc1C. The molecule has 0 heterocycles. The topological polar surface area (TPSA) is 41.6 Å². The van der Waals surface area contributed by atoms with Crippen molar-refractivity contribution in [2.24, 2.45) is 0 Å². The van der Waals surface area contributed by atoms with Crippen LogP contribution in [0.15, 0.2) is 43.0 Å². The van der Waals surface area contributed by atoms with Crippen molar-refractivity contribution in [3.8, 4) is 0 Å². The van der Waals surface area contributed by atoms with Gasteiger partial charge in [0.15, 0.2) is 0 Å². The van der Waals surface area contributed by atoms with Crippen molar-refractivity contribution in [1.82, 2.24) is 0 Å². The molecule has 0 bridgehead atoms. The lowest BCUT2D eigenvalue weighted by molar-refractivity contribution is 0.0999. The third kappa shape index (κ3) is 5.24. The highest BCUT2D eigenvalue weighted by Crippen LogP contribution is 2.34. The van der Waals surface area contributed by atoms with Crippen molar-refractivity contribution in [3.05, 3.63) is 65.2 Å². The van der Waals surface area contributed by atoms with E-state index in [-0.39, 0.29) is 6.10 Å². The van der Waals surface area contributed by atoms with Gasteiger partial charge in [-0.2, -0.15) is 0 Å². The van der Waals surface area contributed by atoms with Crippen LogP contribution in [0.4, 0.5) is 16.2 Å². The molecule has 30 heavy (non-hydrogen) atoms. The Morgan fingerprint density at radius 3 is 2.63 bits per heavy atom. The summed E-state index contributed by atoms with van der Waals surface area (Å²) in [6.45, 7) is 12.3. The first-order valence-electron chi connectivity index (χ1n) is 11.1. The van der Waals surface area contributed by atoms with Gasteiger partial charge in [0.1, 0.15) is 6.10 Å². The Morgan fingerprint density at radius 2 is 1.97 bits per heavy atom. The molecule has 1 atom stereocenters. The first-order chi connectivity index (χ1) is 14.5. The predicted molar refractivity (Wildman–Crippen MR) is 126 cm³/mol. The second kappa shape index (κ2) is 10.3. The second-order valence-electron chi connectivity index (χ2n) is 8.06. The smallest absolute Gasteiger partial charge is 0.412 e. The number of aryl methyl sites for hydroxylation is 2. The normalized spacial score (nSPS) is 15.2. The van der Waals surface area contributed by atoms with Crippen molar-refractivity contribution in [3.63, 3.8) is 0 Å². The van der Waals surface area contributed by atoms with Gasteiger partial charge >= 0.3 is 6.09 Å². The Balaban J connectivity index is 1.68. The summed E-state index contributed by atoms with van der Waals surface area (Å²) >= 11 is 0. The first-order valence-corrected chi connectivity index (χ1v) is 11.1. The third-order valence-electron chi connectivity index (χ3n) is 5.71. The number of benzene rings is 2. The van der Waals surface area contributed by atoms with Crippen molar-refractivity contribution in [1.29, 1.82) is 0 Å². The van der Waals surface area contributed by atoms with Gasteiger partial charge in [-0.25, -0.2) is 4.79 Å². The molecule has 1 N–H and O–H groups in total. The Morgan fingerprint density at radius 1 is 1.20 bits per heavy atom. The molecule has 0 radical (unpaired) electrons. The van der Waals surface area contributed by atoms with Gasteiger partial charge in [0, 0.05) is 24.5 Å². The number of rotatable bonds is 8. The quantitative estimate of drug-likeness (QED) is 0.519. The molecule has 0 aromatic heterocycles. The first kappa shape index (κ1) is 21.9. The lowest BCUT2D eigenvalue weighted by Crippen LogP contribution is -2.25. The molecule has 1 aliphatic carbocycles. The maximum atomic E-state index is 12.6. The van der Waals surface area contributed by atoms with Gasteiger partial charge in [0.2, 0.25) is 0 Å². The maximum Gasteiger partial charge on any atom is 0.412 e. The lowest BCUT2D eigenvalue weighted by atomic mass is 9.88. The number of carbonyl (C=O) groups excluding carboxylic acids is 1. The van der Waals surface area contributed by atoms with E-state index in [1.807, 2.05) is 25.1 Å². The van der Waals surface area contributed by atoms with Gasteiger partial charge in [0.05, 0.1) is 0 Å². The van der Waals surface area contributed by atoms with Crippen molar-refractivity contribution < 1.29 is 9.53 Å². The summed E-state index contributed by atoms with van der Waals surface area (Å²) in [7, 11) is 0. The zero-order valence-corrected chi connectivity index (χ0v) is 18.5. The number of fused-ring (bicyclic) bond motifs is 1. The highest BCUT2D eigenvalue weighted by Gasteiger charge is 2.24. The van der Waals surface area contributed by atoms with Crippen LogP contribution >= 0.6 is 0 Å². The summed E-state index contributed by atoms with van der Waals surface area (Å²) in [5, 5.41) is 2.95. The number of anilines is 2. The molecule has 4 nitrogen and oxygen atoms in total. The molecule has 2 aromatic carbocycles.